The number of benzene rings is 2. The van der Waals surface area contributed by atoms with Gasteiger partial charge in [-0.2, -0.15) is 5.26 Å². The summed E-state index contributed by atoms with van der Waals surface area (Å²) in [4.78, 5) is 12.3. The van der Waals surface area contributed by atoms with Crippen LogP contribution < -0.4 is 11.1 Å². The fourth-order valence-corrected chi connectivity index (χ4v) is 2.09. The molecule has 102 valence electrons. The molecule has 0 bridgehead atoms. The molecule has 5 nitrogen and oxygen atoms in total. The first-order valence-corrected chi connectivity index (χ1v) is 6.26. The van der Waals surface area contributed by atoms with E-state index in [1.807, 2.05) is 24.3 Å². The van der Waals surface area contributed by atoms with Gasteiger partial charge in [0.25, 0.3) is 5.91 Å². The molecule has 3 rings (SSSR count). The van der Waals surface area contributed by atoms with Crippen molar-refractivity contribution in [3.05, 3.63) is 59.9 Å². The molecule has 1 heterocycles. The number of carbonyl (C=O) groups excluding carboxylic acids is 1. The van der Waals surface area contributed by atoms with Crippen LogP contribution in [0.5, 0.6) is 0 Å². The van der Waals surface area contributed by atoms with Crippen LogP contribution in [-0.4, -0.2) is 5.91 Å². The van der Waals surface area contributed by atoms with Crippen LogP contribution in [0.3, 0.4) is 0 Å². The summed E-state index contributed by atoms with van der Waals surface area (Å²) in [7, 11) is 0. The lowest BCUT2D eigenvalue weighted by Gasteiger charge is -2.07. The van der Waals surface area contributed by atoms with Crippen molar-refractivity contribution in [2.45, 2.75) is 0 Å². The number of fused-ring (bicyclic) bond motifs is 1. The van der Waals surface area contributed by atoms with Gasteiger partial charge in [-0.1, -0.05) is 18.2 Å². The predicted octanol–water partition coefficient (Wildman–Crippen LogP) is 3.14. The molecule has 3 aromatic rings. The van der Waals surface area contributed by atoms with E-state index in [0.29, 0.717) is 28.1 Å². The Labute approximate surface area is 120 Å². The van der Waals surface area contributed by atoms with E-state index in [1.54, 1.807) is 18.2 Å². The summed E-state index contributed by atoms with van der Waals surface area (Å²) in [6.45, 7) is 0. The van der Waals surface area contributed by atoms with Crippen LogP contribution in [-0.2, 0) is 0 Å². The number of nitriles is 1. The Hall–Kier alpha value is -3.26. The number of nitrogens with zero attached hydrogens (tertiary/aromatic N) is 1. The number of amides is 1. The van der Waals surface area contributed by atoms with Gasteiger partial charge >= 0.3 is 0 Å². The summed E-state index contributed by atoms with van der Waals surface area (Å²) < 4.78 is 5.34. The Balaban J connectivity index is 1.92. The average molecular weight is 277 g/mol. The van der Waals surface area contributed by atoms with Crippen LogP contribution in [0.2, 0.25) is 0 Å². The number of hydrogen-bond acceptors (Lipinski definition) is 4. The van der Waals surface area contributed by atoms with E-state index in [1.165, 1.54) is 12.3 Å². The van der Waals surface area contributed by atoms with Gasteiger partial charge in [0.15, 0.2) is 0 Å². The number of para-hydroxylation sites is 1. The minimum atomic E-state index is -0.309. The SMILES string of the molecule is N#Cc1ccc(NC(=O)c2coc3ccccc23)c(N)c1. The van der Waals surface area contributed by atoms with Crippen LogP contribution in [0.15, 0.2) is 53.1 Å². The minimum absolute atomic E-state index is 0.309. The van der Waals surface area contributed by atoms with Crippen molar-refractivity contribution in [3.8, 4) is 6.07 Å². The van der Waals surface area contributed by atoms with Gasteiger partial charge in [0.05, 0.1) is 28.6 Å². The number of furan rings is 1. The normalized spacial score (nSPS) is 10.2. The Morgan fingerprint density at radius 3 is 2.81 bits per heavy atom. The first-order valence-electron chi connectivity index (χ1n) is 6.26. The third-order valence-electron chi connectivity index (χ3n) is 3.15. The highest BCUT2D eigenvalue weighted by Gasteiger charge is 2.14. The summed E-state index contributed by atoms with van der Waals surface area (Å²) in [5, 5.41) is 12.3. The van der Waals surface area contributed by atoms with Crippen LogP contribution in [0.4, 0.5) is 11.4 Å². The van der Waals surface area contributed by atoms with Crippen molar-refractivity contribution in [1.29, 1.82) is 5.26 Å². The molecule has 0 aliphatic rings. The Morgan fingerprint density at radius 2 is 2.05 bits per heavy atom. The maximum atomic E-state index is 12.3. The van der Waals surface area contributed by atoms with Crippen molar-refractivity contribution in [1.82, 2.24) is 0 Å². The summed E-state index contributed by atoms with van der Waals surface area (Å²) >= 11 is 0. The zero-order valence-corrected chi connectivity index (χ0v) is 11.0. The van der Waals surface area contributed by atoms with Crippen LogP contribution >= 0.6 is 0 Å². The summed E-state index contributed by atoms with van der Waals surface area (Å²) in [5.74, 6) is -0.309. The number of nitrogen functional groups attached to an aromatic ring is 1. The molecule has 0 saturated heterocycles. The molecule has 0 fully saturated rings. The molecule has 0 spiro atoms. The van der Waals surface area contributed by atoms with Crippen molar-refractivity contribution in [2.24, 2.45) is 0 Å². The number of rotatable bonds is 2. The fourth-order valence-electron chi connectivity index (χ4n) is 2.09. The smallest absolute Gasteiger partial charge is 0.259 e. The van der Waals surface area contributed by atoms with Crippen LogP contribution in [0.25, 0.3) is 11.0 Å². The van der Waals surface area contributed by atoms with E-state index in [0.717, 1.165) is 5.39 Å². The molecule has 5 heteroatoms. The van der Waals surface area contributed by atoms with Gasteiger partial charge < -0.3 is 15.5 Å². The molecular weight excluding hydrogens is 266 g/mol. The van der Waals surface area contributed by atoms with E-state index in [4.69, 9.17) is 15.4 Å². The molecule has 0 radical (unpaired) electrons. The van der Waals surface area contributed by atoms with E-state index in [2.05, 4.69) is 5.32 Å². The quantitative estimate of drug-likeness (QED) is 0.704. The molecule has 0 atom stereocenters. The summed E-state index contributed by atoms with van der Waals surface area (Å²) in [5.41, 5.74) is 8.16. The maximum absolute atomic E-state index is 12.3. The number of anilines is 2. The third-order valence-corrected chi connectivity index (χ3v) is 3.15. The second kappa shape index (κ2) is 5.02. The third kappa shape index (κ3) is 2.30. The zero-order chi connectivity index (χ0) is 14.8. The lowest BCUT2D eigenvalue weighted by molar-refractivity contribution is 0.102. The van der Waals surface area contributed by atoms with Gasteiger partial charge in [-0.25, -0.2) is 0 Å². The van der Waals surface area contributed by atoms with Crippen molar-refractivity contribution < 1.29 is 9.21 Å². The van der Waals surface area contributed by atoms with E-state index >= 15 is 0 Å². The zero-order valence-electron chi connectivity index (χ0n) is 11.0. The molecule has 0 aliphatic heterocycles. The topological polar surface area (TPSA) is 92.0 Å². The highest BCUT2D eigenvalue weighted by atomic mass is 16.3. The number of carbonyl (C=O) groups is 1. The lowest BCUT2D eigenvalue weighted by atomic mass is 10.1. The van der Waals surface area contributed by atoms with Crippen molar-refractivity contribution >= 4 is 28.3 Å². The Bertz CT molecular complexity index is 875. The molecule has 0 saturated carbocycles. The number of nitrogens with one attached hydrogen (secondary N) is 1. The molecule has 1 aromatic heterocycles. The first kappa shape index (κ1) is 12.8. The second-order valence-electron chi connectivity index (χ2n) is 4.51. The molecular formula is C16H11N3O2. The highest BCUT2D eigenvalue weighted by molar-refractivity contribution is 6.13. The molecule has 0 unspecified atom stereocenters. The maximum Gasteiger partial charge on any atom is 0.259 e. The Kier molecular flexibility index (Phi) is 3.05. The van der Waals surface area contributed by atoms with E-state index in [9.17, 15) is 4.79 Å². The van der Waals surface area contributed by atoms with Crippen LogP contribution in [0, 0.1) is 11.3 Å². The van der Waals surface area contributed by atoms with Gasteiger partial charge in [0.1, 0.15) is 11.8 Å². The molecule has 0 aliphatic carbocycles. The monoisotopic (exact) mass is 277 g/mol. The predicted molar refractivity (Wildman–Crippen MR) is 79.7 cm³/mol. The fraction of sp³-hybridized carbons (Fsp3) is 0. The molecule has 2 aromatic carbocycles. The largest absolute Gasteiger partial charge is 0.463 e. The van der Waals surface area contributed by atoms with Gasteiger partial charge in [0.2, 0.25) is 0 Å². The molecule has 3 N–H and O–H groups in total. The average Bonchev–Trinajstić information content (AvgIpc) is 2.93. The van der Waals surface area contributed by atoms with Crippen LogP contribution in [0.1, 0.15) is 15.9 Å². The summed E-state index contributed by atoms with van der Waals surface area (Å²) in [6, 6.07) is 14.0. The Morgan fingerprint density at radius 1 is 1.24 bits per heavy atom. The molecule has 1 amide bonds. The van der Waals surface area contributed by atoms with E-state index in [-0.39, 0.29) is 5.91 Å². The summed E-state index contributed by atoms with van der Waals surface area (Å²) in [6.07, 6.45) is 1.42. The van der Waals surface area contributed by atoms with Gasteiger partial charge in [-0.05, 0) is 24.3 Å². The second-order valence-corrected chi connectivity index (χ2v) is 4.51. The minimum Gasteiger partial charge on any atom is -0.463 e. The number of nitrogens with two attached hydrogens (primary N) is 1. The van der Waals surface area contributed by atoms with Gasteiger partial charge in [0, 0.05) is 5.39 Å². The highest BCUT2D eigenvalue weighted by Crippen LogP contribution is 2.24. The van der Waals surface area contributed by atoms with E-state index < -0.39 is 0 Å². The van der Waals surface area contributed by atoms with Gasteiger partial charge in [-0.3, -0.25) is 4.79 Å². The van der Waals surface area contributed by atoms with Crippen molar-refractivity contribution in [2.75, 3.05) is 11.1 Å². The lowest BCUT2D eigenvalue weighted by Crippen LogP contribution is -2.12. The van der Waals surface area contributed by atoms with Crippen molar-refractivity contribution in [3.63, 3.8) is 0 Å². The standard InChI is InChI=1S/C16H11N3O2/c17-8-10-5-6-14(13(18)7-10)19-16(20)12-9-21-15-4-2-1-3-11(12)15/h1-7,9H,18H2,(H,19,20). The first-order chi connectivity index (χ1) is 10.2. The van der Waals surface area contributed by atoms with Gasteiger partial charge in [-0.15, -0.1) is 0 Å². The molecule has 21 heavy (non-hydrogen) atoms. The number of hydrogen-bond donors (Lipinski definition) is 2.